The Balaban J connectivity index is 1.84. The summed E-state index contributed by atoms with van der Waals surface area (Å²) in [6.07, 6.45) is 1.33. The van der Waals surface area contributed by atoms with Gasteiger partial charge in [-0.25, -0.2) is 13.2 Å². The Morgan fingerprint density at radius 2 is 1.76 bits per heavy atom. The summed E-state index contributed by atoms with van der Waals surface area (Å²) in [6.45, 7) is 0. The van der Waals surface area contributed by atoms with E-state index >= 15 is 0 Å². The molecule has 1 atom stereocenters. The number of hydrogen-bond donors (Lipinski definition) is 1. The molecule has 0 fully saturated rings. The monoisotopic (exact) mass is 291 g/mol. The molecule has 2 nitrogen and oxygen atoms in total. The van der Waals surface area contributed by atoms with Crippen molar-refractivity contribution in [2.45, 2.75) is 18.9 Å². The molecule has 0 saturated carbocycles. The van der Waals surface area contributed by atoms with Gasteiger partial charge in [-0.3, -0.25) is 4.79 Å². The van der Waals surface area contributed by atoms with Crippen molar-refractivity contribution in [3.05, 3.63) is 70.5 Å². The van der Waals surface area contributed by atoms with E-state index in [1.54, 1.807) is 6.07 Å². The van der Waals surface area contributed by atoms with Gasteiger partial charge in [-0.15, -0.1) is 0 Å². The summed E-state index contributed by atoms with van der Waals surface area (Å²) in [6, 6.07) is 6.75. The third kappa shape index (κ3) is 2.63. The van der Waals surface area contributed by atoms with E-state index < -0.39 is 17.5 Å². The van der Waals surface area contributed by atoms with Gasteiger partial charge in [0.1, 0.15) is 17.5 Å². The number of hydrogen-bond acceptors (Lipinski definition) is 1. The second kappa shape index (κ2) is 5.24. The fraction of sp³-hybridized carbons (Fsp3) is 0.188. The Kier molecular flexibility index (Phi) is 3.41. The molecule has 5 heteroatoms. The maximum Gasteiger partial charge on any atom is 0.254 e. The maximum absolute atomic E-state index is 13.6. The maximum atomic E-state index is 13.6. The first kappa shape index (κ1) is 13.7. The molecule has 0 aliphatic heterocycles. The summed E-state index contributed by atoms with van der Waals surface area (Å²) >= 11 is 0. The molecule has 2 aromatic rings. The van der Waals surface area contributed by atoms with E-state index in [-0.39, 0.29) is 17.4 Å². The lowest BCUT2D eigenvalue weighted by atomic mass is 10.1. The van der Waals surface area contributed by atoms with E-state index in [4.69, 9.17) is 0 Å². The fourth-order valence-corrected chi connectivity index (χ4v) is 2.63. The zero-order valence-corrected chi connectivity index (χ0v) is 11.0. The summed E-state index contributed by atoms with van der Waals surface area (Å²) in [5, 5.41) is 2.63. The van der Waals surface area contributed by atoms with Crippen molar-refractivity contribution in [1.29, 1.82) is 0 Å². The Labute approximate surface area is 119 Å². The predicted octanol–water partition coefficient (Wildman–Crippen LogP) is 3.52. The van der Waals surface area contributed by atoms with Crippen LogP contribution in [0.4, 0.5) is 13.2 Å². The van der Waals surface area contributed by atoms with Crippen LogP contribution in [0.15, 0.2) is 36.4 Å². The zero-order valence-electron chi connectivity index (χ0n) is 11.0. The Morgan fingerprint density at radius 3 is 2.57 bits per heavy atom. The van der Waals surface area contributed by atoms with Gasteiger partial charge in [0, 0.05) is 0 Å². The van der Waals surface area contributed by atoms with Crippen LogP contribution in [0.5, 0.6) is 0 Å². The average molecular weight is 291 g/mol. The lowest BCUT2D eigenvalue weighted by Gasteiger charge is -2.14. The molecule has 0 bridgehead atoms. The standard InChI is InChI=1S/C16H12F3NO/c17-10-3-1-9-2-6-15(12(9)7-10)20-16(21)13-8-11(18)4-5-14(13)19/h1,3-5,7-8,15H,2,6H2,(H,20,21). The number of amides is 1. The molecule has 21 heavy (non-hydrogen) atoms. The highest BCUT2D eigenvalue weighted by molar-refractivity contribution is 5.94. The van der Waals surface area contributed by atoms with Gasteiger partial charge in [0.2, 0.25) is 0 Å². The molecule has 1 N–H and O–H groups in total. The van der Waals surface area contributed by atoms with E-state index in [1.807, 2.05) is 0 Å². The number of rotatable bonds is 2. The highest BCUT2D eigenvalue weighted by Gasteiger charge is 2.25. The van der Waals surface area contributed by atoms with Crippen LogP contribution < -0.4 is 5.32 Å². The van der Waals surface area contributed by atoms with E-state index in [1.165, 1.54) is 12.1 Å². The number of aryl methyl sites for hydroxylation is 1. The minimum Gasteiger partial charge on any atom is -0.345 e. The molecule has 0 spiro atoms. The van der Waals surface area contributed by atoms with Crippen molar-refractivity contribution in [2.75, 3.05) is 0 Å². The second-order valence-corrected chi connectivity index (χ2v) is 5.03. The normalized spacial score (nSPS) is 16.6. The van der Waals surface area contributed by atoms with Gasteiger partial charge >= 0.3 is 0 Å². The Morgan fingerprint density at radius 1 is 1.05 bits per heavy atom. The first-order valence-electron chi connectivity index (χ1n) is 6.59. The van der Waals surface area contributed by atoms with Crippen LogP contribution >= 0.6 is 0 Å². The smallest absolute Gasteiger partial charge is 0.254 e. The SMILES string of the molecule is O=C(NC1CCc2ccc(F)cc21)c1cc(F)ccc1F. The van der Waals surface area contributed by atoms with Crippen molar-refractivity contribution in [1.82, 2.24) is 5.32 Å². The fourth-order valence-electron chi connectivity index (χ4n) is 2.63. The van der Waals surface area contributed by atoms with Crippen molar-refractivity contribution in [2.24, 2.45) is 0 Å². The van der Waals surface area contributed by atoms with Gasteiger partial charge in [-0.1, -0.05) is 6.07 Å². The van der Waals surface area contributed by atoms with Crippen LogP contribution in [0.25, 0.3) is 0 Å². The number of benzene rings is 2. The Hall–Kier alpha value is -2.30. The Bertz CT molecular complexity index is 715. The van der Waals surface area contributed by atoms with Crippen LogP contribution in [0.1, 0.15) is 33.9 Å². The van der Waals surface area contributed by atoms with Gasteiger partial charge in [0.05, 0.1) is 11.6 Å². The van der Waals surface area contributed by atoms with Crippen molar-refractivity contribution in [3.8, 4) is 0 Å². The average Bonchev–Trinajstić information content (AvgIpc) is 2.84. The molecule has 1 aliphatic rings. The zero-order chi connectivity index (χ0) is 15.0. The topological polar surface area (TPSA) is 29.1 Å². The van der Waals surface area contributed by atoms with Gasteiger partial charge in [-0.05, 0) is 54.3 Å². The molecule has 1 aliphatic carbocycles. The molecule has 0 heterocycles. The molecule has 3 rings (SSSR count). The van der Waals surface area contributed by atoms with Crippen LogP contribution in [-0.2, 0) is 6.42 Å². The molecule has 0 saturated heterocycles. The molecule has 2 aromatic carbocycles. The third-order valence-electron chi connectivity index (χ3n) is 3.66. The lowest BCUT2D eigenvalue weighted by molar-refractivity contribution is 0.0932. The van der Waals surface area contributed by atoms with Crippen LogP contribution in [0.2, 0.25) is 0 Å². The highest BCUT2D eigenvalue weighted by atomic mass is 19.1. The van der Waals surface area contributed by atoms with Gasteiger partial charge in [0.25, 0.3) is 5.91 Å². The number of halogens is 3. The van der Waals surface area contributed by atoms with Crippen molar-refractivity contribution < 1.29 is 18.0 Å². The van der Waals surface area contributed by atoms with E-state index in [2.05, 4.69) is 5.32 Å². The molecule has 0 aromatic heterocycles. The first-order chi connectivity index (χ1) is 10.0. The number of carbonyl (C=O) groups is 1. The quantitative estimate of drug-likeness (QED) is 0.901. The molecular formula is C16H12F3NO. The predicted molar refractivity (Wildman–Crippen MR) is 71.3 cm³/mol. The van der Waals surface area contributed by atoms with E-state index in [0.29, 0.717) is 18.4 Å². The molecule has 1 unspecified atom stereocenters. The summed E-state index contributed by atoms with van der Waals surface area (Å²) in [5.41, 5.74) is 1.31. The van der Waals surface area contributed by atoms with E-state index in [0.717, 1.165) is 23.8 Å². The van der Waals surface area contributed by atoms with Gasteiger partial charge < -0.3 is 5.32 Å². The third-order valence-corrected chi connectivity index (χ3v) is 3.66. The van der Waals surface area contributed by atoms with Crippen LogP contribution in [0, 0.1) is 17.5 Å². The number of fused-ring (bicyclic) bond motifs is 1. The molecule has 1 amide bonds. The summed E-state index contributed by atoms with van der Waals surface area (Å²) < 4.78 is 40.0. The lowest BCUT2D eigenvalue weighted by Crippen LogP contribution is -2.28. The largest absolute Gasteiger partial charge is 0.345 e. The first-order valence-corrected chi connectivity index (χ1v) is 6.59. The minimum atomic E-state index is -0.786. The summed E-state index contributed by atoms with van der Waals surface area (Å²) in [5.74, 6) is -2.55. The van der Waals surface area contributed by atoms with Crippen LogP contribution in [-0.4, -0.2) is 5.91 Å². The summed E-state index contributed by atoms with van der Waals surface area (Å²) in [7, 11) is 0. The molecule has 0 radical (unpaired) electrons. The summed E-state index contributed by atoms with van der Waals surface area (Å²) in [4.78, 5) is 12.1. The number of carbonyl (C=O) groups excluding carboxylic acids is 1. The highest BCUT2D eigenvalue weighted by Crippen LogP contribution is 2.31. The van der Waals surface area contributed by atoms with Crippen molar-refractivity contribution in [3.63, 3.8) is 0 Å². The van der Waals surface area contributed by atoms with Gasteiger partial charge in [0.15, 0.2) is 0 Å². The second-order valence-electron chi connectivity index (χ2n) is 5.03. The molecule has 108 valence electrons. The minimum absolute atomic E-state index is 0.347. The molecular weight excluding hydrogens is 279 g/mol. The van der Waals surface area contributed by atoms with Gasteiger partial charge in [-0.2, -0.15) is 0 Å². The number of nitrogens with one attached hydrogen (secondary N) is 1. The van der Waals surface area contributed by atoms with Crippen LogP contribution in [0.3, 0.4) is 0 Å². The van der Waals surface area contributed by atoms with E-state index in [9.17, 15) is 18.0 Å². The van der Waals surface area contributed by atoms with Crippen molar-refractivity contribution >= 4 is 5.91 Å².